The molecule has 0 amide bonds. The number of hydrogen-bond donors (Lipinski definition) is 1. The summed E-state index contributed by atoms with van der Waals surface area (Å²) in [5.41, 5.74) is 0. The van der Waals surface area contributed by atoms with Crippen LogP contribution in [0.25, 0.3) is 0 Å². The summed E-state index contributed by atoms with van der Waals surface area (Å²) in [6.45, 7) is 3.89. The topological polar surface area (TPSA) is 21.3 Å². The second kappa shape index (κ2) is 3.05. The van der Waals surface area contributed by atoms with Crippen molar-refractivity contribution in [1.29, 1.82) is 0 Å². The fourth-order valence-electron chi connectivity index (χ4n) is 0.863. The average Bonchev–Trinajstić information content (AvgIpc) is 2.19. The zero-order valence-electron chi connectivity index (χ0n) is 5.24. The average molecular weight is 114 g/mol. The molecule has 0 bridgehead atoms. The van der Waals surface area contributed by atoms with E-state index in [4.69, 9.17) is 4.74 Å². The van der Waals surface area contributed by atoms with Crippen LogP contribution in [0.1, 0.15) is 19.8 Å². The van der Waals surface area contributed by atoms with E-state index < -0.39 is 0 Å². The monoisotopic (exact) mass is 114 g/mol. The molecule has 2 nitrogen and oxygen atoms in total. The molecule has 0 atom stereocenters. The largest absolute Gasteiger partial charge is 0.356 e. The van der Waals surface area contributed by atoms with Crippen LogP contribution in [0, 0.1) is 6.23 Å². The van der Waals surface area contributed by atoms with Gasteiger partial charge in [0.25, 0.3) is 0 Å². The molecule has 0 aliphatic carbocycles. The Hall–Kier alpha value is -0.0800. The summed E-state index contributed by atoms with van der Waals surface area (Å²) in [7, 11) is 0. The van der Waals surface area contributed by atoms with Gasteiger partial charge in [0.2, 0.25) is 0 Å². The predicted molar refractivity (Wildman–Crippen MR) is 32.1 cm³/mol. The van der Waals surface area contributed by atoms with Crippen molar-refractivity contribution in [3.05, 3.63) is 6.23 Å². The summed E-state index contributed by atoms with van der Waals surface area (Å²) >= 11 is 0. The highest BCUT2D eigenvalue weighted by atomic mass is 16.5. The Morgan fingerprint density at radius 1 is 1.75 bits per heavy atom. The number of rotatable bonds is 2. The maximum atomic E-state index is 5.21. The van der Waals surface area contributed by atoms with E-state index in [0.717, 1.165) is 25.8 Å². The molecule has 0 aromatic carbocycles. The van der Waals surface area contributed by atoms with E-state index in [1.165, 1.54) is 6.42 Å². The van der Waals surface area contributed by atoms with Crippen LogP contribution in [0.3, 0.4) is 0 Å². The van der Waals surface area contributed by atoms with Crippen LogP contribution < -0.4 is 5.32 Å². The minimum absolute atomic E-state index is 0.794. The van der Waals surface area contributed by atoms with E-state index >= 15 is 0 Å². The van der Waals surface area contributed by atoms with Gasteiger partial charge in [0.1, 0.15) is 0 Å². The Bertz CT molecular complexity index is 59.5. The third-order valence-electron chi connectivity index (χ3n) is 1.22. The van der Waals surface area contributed by atoms with E-state index in [1.54, 1.807) is 0 Å². The van der Waals surface area contributed by atoms with E-state index in [-0.39, 0.29) is 0 Å². The van der Waals surface area contributed by atoms with Crippen LogP contribution in [-0.2, 0) is 4.74 Å². The lowest BCUT2D eigenvalue weighted by Gasteiger charge is -2.05. The van der Waals surface area contributed by atoms with Crippen LogP contribution in [-0.4, -0.2) is 13.2 Å². The van der Waals surface area contributed by atoms with Crippen LogP contribution in [0.4, 0.5) is 0 Å². The molecule has 0 spiro atoms. The lowest BCUT2D eigenvalue weighted by Crippen LogP contribution is -2.15. The Labute approximate surface area is 50.2 Å². The summed E-state index contributed by atoms with van der Waals surface area (Å²) < 4.78 is 5.21. The third kappa shape index (κ3) is 1.46. The predicted octanol–water partition coefficient (Wildman–Crippen LogP) is 0.896. The van der Waals surface area contributed by atoms with E-state index in [2.05, 4.69) is 5.32 Å². The van der Waals surface area contributed by atoms with Crippen molar-refractivity contribution in [3.8, 4) is 0 Å². The van der Waals surface area contributed by atoms with Gasteiger partial charge in [-0.25, -0.2) is 0 Å². The van der Waals surface area contributed by atoms with Crippen molar-refractivity contribution >= 4 is 0 Å². The maximum Gasteiger partial charge on any atom is 0.162 e. The Kier molecular flexibility index (Phi) is 2.30. The number of hydrogen-bond acceptors (Lipinski definition) is 2. The molecule has 0 aromatic rings. The molecule has 0 unspecified atom stereocenters. The van der Waals surface area contributed by atoms with Gasteiger partial charge in [-0.1, -0.05) is 0 Å². The van der Waals surface area contributed by atoms with Gasteiger partial charge < -0.3 is 4.74 Å². The van der Waals surface area contributed by atoms with Crippen molar-refractivity contribution in [2.75, 3.05) is 13.2 Å². The Balaban J connectivity index is 2.06. The van der Waals surface area contributed by atoms with Gasteiger partial charge in [-0.05, 0) is 26.3 Å². The van der Waals surface area contributed by atoms with Crippen LogP contribution >= 0.6 is 0 Å². The fraction of sp³-hybridized carbons (Fsp3) is 0.833. The van der Waals surface area contributed by atoms with Crippen molar-refractivity contribution in [3.63, 3.8) is 0 Å². The molecular weight excluding hydrogens is 102 g/mol. The molecule has 0 saturated carbocycles. The van der Waals surface area contributed by atoms with Crippen molar-refractivity contribution in [2.24, 2.45) is 0 Å². The summed E-state index contributed by atoms with van der Waals surface area (Å²) in [5.74, 6) is 0. The molecule has 1 heterocycles. The quantitative estimate of drug-likeness (QED) is 0.575. The highest BCUT2D eigenvalue weighted by molar-refractivity contribution is 4.81. The Morgan fingerprint density at radius 3 is 3.12 bits per heavy atom. The summed E-state index contributed by atoms with van der Waals surface area (Å²) in [6, 6.07) is 0. The first-order chi connectivity index (χ1) is 3.93. The normalized spacial score (nSPS) is 22.1. The summed E-state index contributed by atoms with van der Waals surface area (Å²) in [4.78, 5) is 0. The fourth-order valence-corrected chi connectivity index (χ4v) is 0.863. The molecule has 47 valence electrons. The van der Waals surface area contributed by atoms with Crippen molar-refractivity contribution in [1.82, 2.24) is 5.32 Å². The SMILES string of the molecule is CCO[C]1CCCN1. The molecule has 1 radical (unpaired) electrons. The highest BCUT2D eigenvalue weighted by Gasteiger charge is 2.13. The van der Waals surface area contributed by atoms with Gasteiger partial charge in [0.05, 0.1) is 0 Å². The molecule has 0 aromatic heterocycles. The zero-order valence-corrected chi connectivity index (χ0v) is 5.24. The van der Waals surface area contributed by atoms with Gasteiger partial charge in [0, 0.05) is 6.61 Å². The highest BCUT2D eigenvalue weighted by Crippen LogP contribution is 2.12. The molecule has 1 saturated heterocycles. The maximum absolute atomic E-state index is 5.21. The molecule has 1 rings (SSSR count). The first-order valence-electron chi connectivity index (χ1n) is 3.16. The van der Waals surface area contributed by atoms with E-state index in [1.807, 2.05) is 6.92 Å². The molecule has 1 aliphatic rings. The first kappa shape index (κ1) is 6.05. The van der Waals surface area contributed by atoms with Crippen molar-refractivity contribution in [2.45, 2.75) is 19.8 Å². The Morgan fingerprint density at radius 2 is 2.62 bits per heavy atom. The van der Waals surface area contributed by atoms with Crippen molar-refractivity contribution < 1.29 is 4.74 Å². The summed E-state index contributed by atoms with van der Waals surface area (Å²) in [5, 5.41) is 3.15. The molecule has 1 N–H and O–H groups in total. The van der Waals surface area contributed by atoms with Crippen LogP contribution in [0.2, 0.25) is 0 Å². The van der Waals surface area contributed by atoms with Crippen LogP contribution in [0.15, 0.2) is 0 Å². The van der Waals surface area contributed by atoms with Gasteiger partial charge in [-0.3, -0.25) is 5.32 Å². The van der Waals surface area contributed by atoms with Gasteiger partial charge in [-0.2, -0.15) is 0 Å². The number of nitrogens with one attached hydrogen (secondary N) is 1. The van der Waals surface area contributed by atoms with Gasteiger partial charge >= 0.3 is 0 Å². The third-order valence-corrected chi connectivity index (χ3v) is 1.22. The number of ether oxygens (including phenoxy) is 1. The molecule has 1 fully saturated rings. The van der Waals surface area contributed by atoms with E-state index in [0.29, 0.717) is 0 Å². The molecule has 2 heteroatoms. The zero-order chi connectivity index (χ0) is 5.82. The standard InChI is InChI=1S/C6H12NO/c1-2-8-6-4-3-5-7-6/h7H,2-5H2,1H3. The van der Waals surface area contributed by atoms with Gasteiger partial charge in [-0.15, -0.1) is 0 Å². The minimum Gasteiger partial charge on any atom is -0.356 e. The minimum atomic E-state index is 0.794. The van der Waals surface area contributed by atoms with E-state index in [9.17, 15) is 0 Å². The molecular formula is C6H12NO. The second-order valence-electron chi connectivity index (χ2n) is 1.89. The summed E-state index contributed by atoms with van der Waals surface area (Å²) in [6.07, 6.45) is 3.41. The smallest absolute Gasteiger partial charge is 0.162 e. The first-order valence-corrected chi connectivity index (χ1v) is 3.16. The lowest BCUT2D eigenvalue weighted by molar-refractivity contribution is 0.141. The van der Waals surface area contributed by atoms with Gasteiger partial charge in [0.15, 0.2) is 6.23 Å². The molecule has 1 aliphatic heterocycles. The molecule has 8 heavy (non-hydrogen) atoms. The lowest BCUT2D eigenvalue weighted by atomic mass is 10.4. The second-order valence-corrected chi connectivity index (χ2v) is 1.89. The van der Waals surface area contributed by atoms with Crippen LogP contribution in [0.5, 0.6) is 0 Å².